The van der Waals surface area contributed by atoms with Gasteiger partial charge in [0.05, 0.1) is 24.9 Å². The van der Waals surface area contributed by atoms with E-state index >= 15 is 0 Å². The minimum absolute atomic E-state index is 0.221. The molecule has 0 spiro atoms. The van der Waals surface area contributed by atoms with Crippen molar-refractivity contribution in [2.45, 2.75) is 25.3 Å². The Morgan fingerprint density at radius 1 is 1.30 bits per heavy atom. The van der Waals surface area contributed by atoms with Crippen molar-refractivity contribution in [2.24, 2.45) is 5.92 Å². The molecular weight excluding hydrogens is 381 g/mol. The zero-order chi connectivity index (χ0) is 20.8. The van der Waals surface area contributed by atoms with E-state index in [9.17, 15) is 9.18 Å². The van der Waals surface area contributed by atoms with Gasteiger partial charge in [0.2, 0.25) is 0 Å². The molecule has 1 fully saturated rings. The van der Waals surface area contributed by atoms with E-state index in [1.807, 2.05) is 18.2 Å². The topological polar surface area (TPSA) is 54.5 Å². The number of carbonyl (C=O) groups excluding carboxylic acids is 1. The van der Waals surface area contributed by atoms with Crippen molar-refractivity contribution in [1.82, 2.24) is 15.2 Å². The third kappa shape index (κ3) is 5.32. The Balaban J connectivity index is 1.50. The van der Waals surface area contributed by atoms with Gasteiger partial charge >= 0.3 is 0 Å². The molecule has 1 N–H and O–H groups in total. The summed E-state index contributed by atoms with van der Waals surface area (Å²) in [6.07, 6.45) is 7.10. The van der Waals surface area contributed by atoms with Crippen molar-refractivity contribution in [2.75, 3.05) is 32.8 Å². The van der Waals surface area contributed by atoms with Crippen LogP contribution in [0.25, 0.3) is 0 Å². The molecule has 2 aromatic rings. The Hall–Kier alpha value is -2.57. The highest BCUT2D eigenvalue weighted by Crippen LogP contribution is 2.30. The Morgan fingerprint density at radius 3 is 3.00 bits per heavy atom. The first-order valence-electron chi connectivity index (χ1n) is 10.6. The highest BCUT2D eigenvalue weighted by atomic mass is 19.1. The minimum atomic E-state index is -0.413. The van der Waals surface area contributed by atoms with Crippen LogP contribution < -0.4 is 5.32 Å². The summed E-state index contributed by atoms with van der Waals surface area (Å²) in [5, 5.41) is 3.14. The summed E-state index contributed by atoms with van der Waals surface area (Å²) in [5.41, 5.74) is 2.50. The molecule has 1 aromatic carbocycles. The Morgan fingerprint density at radius 2 is 2.23 bits per heavy atom. The number of ether oxygens (including phenoxy) is 1. The lowest BCUT2D eigenvalue weighted by Crippen LogP contribution is -2.44. The number of rotatable bonds is 6. The molecule has 0 aliphatic carbocycles. The largest absolute Gasteiger partial charge is 0.377 e. The summed E-state index contributed by atoms with van der Waals surface area (Å²) >= 11 is 0. The molecular formula is C24H28FN3O2. The maximum Gasteiger partial charge on any atom is 0.251 e. The lowest BCUT2D eigenvalue weighted by molar-refractivity contribution is 0.0878. The fourth-order valence-corrected chi connectivity index (χ4v) is 4.36. The van der Waals surface area contributed by atoms with Crippen LogP contribution in [0.2, 0.25) is 0 Å². The van der Waals surface area contributed by atoms with Crippen LogP contribution in [0.1, 0.15) is 41.4 Å². The first-order valence-corrected chi connectivity index (χ1v) is 10.6. The van der Waals surface area contributed by atoms with E-state index in [0.717, 1.165) is 51.2 Å². The molecule has 30 heavy (non-hydrogen) atoms. The summed E-state index contributed by atoms with van der Waals surface area (Å²) in [5.74, 6) is -0.453. The summed E-state index contributed by atoms with van der Waals surface area (Å²) in [6.45, 7) is 4.34. The average Bonchev–Trinajstić information content (AvgIpc) is 2.79. The second kappa shape index (κ2) is 9.96. The standard InChI is InChI=1S/C24H28FN3O2/c25-21-9-3-7-19(14-21)24(29)27-23(22-10-1-2-11-26-22)20-8-4-12-28(16-20)15-18-6-5-13-30-17-18/h1-3,6-7,9-11,14,20,23H,4-5,8,12-13,15-17H2,(H,27,29)/t20-,23-/m1/s1. The Kier molecular flexibility index (Phi) is 6.87. The number of piperidine rings is 1. The minimum Gasteiger partial charge on any atom is -0.377 e. The number of halogens is 1. The maximum absolute atomic E-state index is 13.6. The Bertz CT molecular complexity index is 887. The van der Waals surface area contributed by atoms with Crippen molar-refractivity contribution in [3.8, 4) is 0 Å². The van der Waals surface area contributed by atoms with Gasteiger partial charge in [-0.2, -0.15) is 0 Å². The number of hydrogen-bond donors (Lipinski definition) is 1. The molecule has 1 aromatic heterocycles. The van der Waals surface area contributed by atoms with Gasteiger partial charge in [-0.1, -0.05) is 18.2 Å². The number of nitrogens with zero attached hydrogens (tertiary/aromatic N) is 2. The van der Waals surface area contributed by atoms with Crippen LogP contribution in [0, 0.1) is 11.7 Å². The molecule has 2 aliphatic heterocycles. The number of nitrogens with one attached hydrogen (secondary N) is 1. The van der Waals surface area contributed by atoms with Gasteiger partial charge in [-0.25, -0.2) is 4.39 Å². The summed E-state index contributed by atoms with van der Waals surface area (Å²) in [7, 11) is 0. The first-order chi connectivity index (χ1) is 14.7. The van der Waals surface area contributed by atoms with Crippen LogP contribution in [0.15, 0.2) is 60.3 Å². The Labute approximate surface area is 177 Å². The predicted octanol–water partition coefficient (Wildman–Crippen LogP) is 3.75. The second-order valence-electron chi connectivity index (χ2n) is 8.06. The first kappa shape index (κ1) is 20.7. The normalized spacial score (nSPS) is 21.0. The fourth-order valence-electron chi connectivity index (χ4n) is 4.36. The molecule has 0 radical (unpaired) electrons. The van der Waals surface area contributed by atoms with Gasteiger partial charge < -0.3 is 10.1 Å². The van der Waals surface area contributed by atoms with Crippen molar-refractivity contribution in [3.63, 3.8) is 0 Å². The average molecular weight is 410 g/mol. The van der Waals surface area contributed by atoms with E-state index in [-0.39, 0.29) is 17.9 Å². The van der Waals surface area contributed by atoms with E-state index in [1.54, 1.807) is 18.3 Å². The third-order valence-electron chi connectivity index (χ3n) is 5.80. The molecule has 5 nitrogen and oxygen atoms in total. The van der Waals surface area contributed by atoms with Crippen LogP contribution in [-0.4, -0.2) is 48.6 Å². The van der Waals surface area contributed by atoms with Crippen molar-refractivity contribution in [3.05, 3.63) is 77.4 Å². The molecule has 6 heteroatoms. The van der Waals surface area contributed by atoms with Crippen molar-refractivity contribution >= 4 is 5.91 Å². The van der Waals surface area contributed by atoms with Gasteiger partial charge in [0.1, 0.15) is 5.82 Å². The molecule has 0 saturated carbocycles. The van der Waals surface area contributed by atoms with Gasteiger partial charge in [0.25, 0.3) is 5.91 Å². The number of carbonyl (C=O) groups is 1. The summed E-state index contributed by atoms with van der Waals surface area (Å²) in [4.78, 5) is 19.8. The van der Waals surface area contributed by atoms with Crippen molar-refractivity contribution < 1.29 is 13.9 Å². The highest BCUT2D eigenvalue weighted by molar-refractivity contribution is 5.94. The van der Waals surface area contributed by atoms with Crippen LogP contribution in [0.5, 0.6) is 0 Å². The maximum atomic E-state index is 13.6. The highest BCUT2D eigenvalue weighted by Gasteiger charge is 2.31. The molecule has 3 heterocycles. The summed E-state index contributed by atoms with van der Waals surface area (Å²) < 4.78 is 19.2. The number of likely N-dealkylation sites (tertiary alicyclic amines) is 1. The van der Waals surface area contributed by atoms with Gasteiger partial charge in [-0.3, -0.25) is 14.7 Å². The smallest absolute Gasteiger partial charge is 0.251 e. The monoisotopic (exact) mass is 409 g/mol. The quantitative estimate of drug-likeness (QED) is 0.739. The SMILES string of the molecule is O=C(N[C@@H](c1ccccn1)[C@@H]1CCCN(CC2=CCCOC2)C1)c1cccc(F)c1. The molecule has 0 bridgehead atoms. The predicted molar refractivity (Wildman–Crippen MR) is 114 cm³/mol. The third-order valence-corrected chi connectivity index (χ3v) is 5.80. The molecule has 2 aliphatic rings. The zero-order valence-corrected chi connectivity index (χ0v) is 17.1. The van der Waals surface area contributed by atoms with Gasteiger partial charge in [0.15, 0.2) is 0 Å². The molecule has 0 unspecified atom stereocenters. The fraction of sp³-hybridized carbons (Fsp3) is 0.417. The zero-order valence-electron chi connectivity index (χ0n) is 17.1. The van der Waals surface area contributed by atoms with E-state index < -0.39 is 5.82 Å². The van der Waals surface area contributed by atoms with E-state index in [1.165, 1.54) is 17.7 Å². The molecule has 1 amide bonds. The number of pyridine rings is 1. The van der Waals surface area contributed by atoms with E-state index in [0.29, 0.717) is 12.2 Å². The molecule has 2 atom stereocenters. The second-order valence-corrected chi connectivity index (χ2v) is 8.06. The number of amides is 1. The van der Waals surface area contributed by atoms with E-state index in [4.69, 9.17) is 4.74 Å². The number of hydrogen-bond acceptors (Lipinski definition) is 4. The number of benzene rings is 1. The van der Waals surface area contributed by atoms with Gasteiger partial charge in [-0.05, 0) is 67.6 Å². The molecule has 158 valence electrons. The molecule has 4 rings (SSSR count). The van der Waals surface area contributed by atoms with Crippen LogP contribution in [0.3, 0.4) is 0 Å². The van der Waals surface area contributed by atoms with Crippen LogP contribution >= 0.6 is 0 Å². The van der Waals surface area contributed by atoms with Gasteiger partial charge in [0, 0.05) is 24.8 Å². The van der Waals surface area contributed by atoms with E-state index in [2.05, 4.69) is 21.3 Å². The molecule has 1 saturated heterocycles. The van der Waals surface area contributed by atoms with Gasteiger partial charge in [-0.15, -0.1) is 0 Å². The summed E-state index contributed by atoms with van der Waals surface area (Å²) in [6, 6.07) is 11.3. The lowest BCUT2D eigenvalue weighted by atomic mass is 9.88. The van der Waals surface area contributed by atoms with Crippen LogP contribution in [-0.2, 0) is 4.74 Å². The van der Waals surface area contributed by atoms with Crippen molar-refractivity contribution in [1.29, 1.82) is 0 Å². The number of aromatic nitrogens is 1. The van der Waals surface area contributed by atoms with Crippen LogP contribution in [0.4, 0.5) is 4.39 Å². The lowest BCUT2D eigenvalue weighted by Gasteiger charge is -2.37.